The van der Waals surface area contributed by atoms with Crippen LogP contribution >= 0.6 is 15.9 Å². The Balaban J connectivity index is 2.40. The molecule has 0 aliphatic carbocycles. The number of methoxy groups -OCH3 is 1. The quantitative estimate of drug-likeness (QED) is 0.759. The molecule has 0 saturated heterocycles. The van der Waals surface area contributed by atoms with Gasteiger partial charge >= 0.3 is 0 Å². The highest BCUT2D eigenvalue weighted by Gasteiger charge is 2.25. The number of halogens is 2. The van der Waals surface area contributed by atoms with Gasteiger partial charge in [0, 0.05) is 19.1 Å². The van der Waals surface area contributed by atoms with Gasteiger partial charge in [-0.1, -0.05) is 0 Å². The van der Waals surface area contributed by atoms with Crippen LogP contribution in [0.1, 0.15) is 5.56 Å². The highest BCUT2D eigenvalue weighted by molar-refractivity contribution is 9.10. The maximum atomic E-state index is 13.1. The Morgan fingerprint density at radius 1 is 1.62 bits per heavy atom. The van der Waals surface area contributed by atoms with Gasteiger partial charge in [-0.2, -0.15) is 0 Å². The normalized spacial score (nSPS) is 19.8. The molecule has 1 heterocycles. The van der Waals surface area contributed by atoms with Crippen LogP contribution in [-0.2, 0) is 11.2 Å². The van der Waals surface area contributed by atoms with Gasteiger partial charge in [0.05, 0.1) is 4.47 Å². The second-order valence-electron chi connectivity index (χ2n) is 2.83. The topological polar surface area (TPSA) is 18.5 Å². The zero-order chi connectivity index (χ0) is 9.42. The Hall–Kier alpha value is -0.610. The molecule has 2 rings (SSSR count). The molecule has 0 spiro atoms. The first kappa shape index (κ1) is 8.97. The molecule has 70 valence electrons. The molecule has 1 unspecified atom stereocenters. The van der Waals surface area contributed by atoms with Crippen LogP contribution in [-0.4, -0.2) is 13.4 Å². The summed E-state index contributed by atoms with van der Waals surface area (Å²) >= 11 is 3.18. The second-order valence-corrected chi connectivity index (χ2v) is 3.62. The highest BCUT2D eigenvalue weighted by atomic mass is 79.9. The molecule has 0 aromatic heterocycles. The minimum absolute atomic E-state index is 0.265. The summed E-state index contributed by atoms with van der Waals surface area (Å²) < 4.78 is 23.9. The maximum absolute atomic E-state index is 13.1. The molecule has 0 N–H and O–H groups in total. The first-order chi connectivity index (χ1) is 6.22. The van der Waals surface area contributed by atoms with E-state index in [9.17, 15) is 4.39 Å². The Bertz CT molecular complexity index is 341. The standard InChI is InChI=1S/C9H8BrFO2/c1-12-8-4-5-7(13-8)3-2-6(11)9(5)10/h2-3,8H,4H2,1H3. The zero-order valence-electron chi connectivity index (χ0n) is 7.01. The van der Waals surface area contributed by atoms with Crippen molar-refractivity contribution >= 4 is 15.9 Å². The van der Waals surface area contributed by atoms with Crippen LogP contribution in [0.15, 0.2) is 16.6 Å². The molecule has 0 amide bonds. The summed E-state index contributed by atoms with van der Waals surface area (Å²) in [6, 6.07) is 3.00. The number of fused-ring (bicyclic) bond motifs is 1. The van der Waals surface area contributed by atoms with Gasteiger partial charge in [0.1, 0.15) is 11.6 Å². The van der Waals surface area contributed by atoms with Gasteiger partial charge in [0.2, 0.25) is 6.29 Å². The molecule has 0 fully saturated rings. The molecule has 13 heavy (non-hydrogen) atoms. The van der Waals surface area contributed by atoms with Gasteiger partial charge in [-0.3, -0.25) is 0 Å². The lowest BCUT2D eigenvalue weighted by molar-refractivity contribution is -0.0367. The van der Waals surface area contributed by atoms with Crippen LogP contribution < -0.4 is 4.74 Å². The smallest absolute Gasteiger partial charge is 0.203 e. The number of hydrogen-bond acceptors (Lipinski definition) is 2. The predicted octanol–water partition coefficient (Wildman–Crippen LogP) is 2.50. The highest BCUT2D eigenvalue weighted by Crippen LogP contribution is 2.36. The number of hydrogen-bond donors (Lipinski definition) is 0. The molecule has 0 radical (unpaired) electrons. The fourth-order valence-electron chi connectivity index (χ4n) is 1.36. The van der Waals surface area contributed by atoms with Crippen molar-refractivity contribution in [1.82, 2.24) is 0 Å². The second kappa shape index (κ2) is 3.27. The van der Waals surface area contributed by atoms with Crippen molar-refractivity contribution in [2.45, 2.75) is 12.7 Å². The van der Waals surface area contributed by atoms with Crippen molar-refractivity contribution in [3.05, 3.63) is 28.0 Å². The average molecular weight is 247 g/mol. The fraction of sp³-hybridized carbons (Fsp3) is 0.333. The largest absolute Gasteiger partial charge is 0.464 e. The number of benzene rings is 1. The zero-order valence-corrected chi connectivity index (χ0v) is 8.60. The van der Waals surface area contributed by atoms with Crippen molar-refractivity contribution in [1.29, 1.82) is 0 Å². The fourth-order valence-corrected chi connectivity index (χ4v) is 1.85. The Kier molecular flexibility index (Phi) is 2.26. The van der Waals surface area contributed by atoms with Gasteiger partial charge in [0.25, 0.3) is 0 Å². The van der Waals surface area contributed by atoms with E-state index in [4.69, 9.17) is 9.47 Å². The lowest BCUT2D eigenvalue weighted by Crippen LogP contribution is -2.14. The van der Waals surface area contributed by atoms with Gasteiger partial charge in [-0.25, -0.2) is 4.39 Å². The van der Waals surface area contributed by atoms with E-state index in [1.807, 2.05) is 0 Å². The molecule has 0 saturated carbocycles. The molecule has 0 bridgehead atoms. The Morgan fingerprint density at radius 3 is 3.08 bits per heavy atom. The molecule has 1 aliphatic heterocycles. The minimum Gasteiger partial charge on any atom is -0.464 e. The van der Waals surface area contributed by atoms with Crippen LogP contribution in [0.25, 0.3) is 0 Å². The lowest BCUT2D eigenvalue weighted by atomic mass is 10.1. The van der Waals surface area contributed by atoms with Crippen LogP contribution in [0.2, 0.25) is 0 Å². The molecular formula is C9H8BrFO2. The van der Waals surface area contributed by atoms with Crippen molar-refractivity contribution in [3.8, 4) is 5.75 Å². The maximum Gasteiger partial charge on any atom is 0.203 e. The SMILES string of the molecule is COC1Cc2c(ccc(F)c2Br)O1. The average Bonchev–Trinajstić information content (AvgIpc) is 2.55. The van der Waals surface area contributed by atoms with Crippen molar-refractivity contribution in [2.75, 3.05) is 7.11 Å². The van der Waals surface area contributed by atoms with Gasteiger partial charge in [-0.15, -0.1) is 0 Å². The number of rotatable bonds is 1. The monoisotopic (exact) mass is 246 g/mol. The first-order valence-corrected chi connectivity index (χ1v) is 4.68. The van der Waals surface area contributed by atoms with Crippen molar-refractivity contribution < 1.29 is 13.9 Å². The molecule has 1 aliphatic rings. The van der Waals surface area contributed by atoms with E-state index in [-0.39, 0.29) is 12.1 Å². The molecule has 1 atom stereocenters. The summed E-state index contributed by atoms with van der Waals surface area (Å²) in [7, 11) is 1.57. The van der Waals surface area contributed by atoms with E-state index in [2.05, 4.69) is 15.9 Å². The first-order valence-electron chi connectivity index (χ1n) is 3.88. The van der Waals surface area contributed by atoms with E-state index in [1.165, 1.54) is 6.07 Å². The van der Waals surface area contributed by atoms with Crippen LogP contribution in [0.5, 0.6) is 5.75 Å². The third kappa shape index (κ3) is 1.44. The van der Waals surface area contributed by atoms with E-state index >= 15 is 0 Å². The van der Waals surface area contributed by atoms with Gasteiger partial charge < -0.3 is 9.47 Å². The van der Waals surface area contributed by atoms with Crippen LogP contribution in [0.3, 0.4) is 0 Å². The third-order valence-electron chi connectivity index (χ3n) is 2.05. The minimum atomic E-state index is -0.284. The summed E-state index contributed by atoms with van der Waals surface area (Å²) in [4.78, 5) is 0. The molecule has 1 aromatic carbocycles. The Labute approximate surface area is 83.8 Å². The lowest BCUT2D eigenvalue weighted by Gasteiger charge is -2.06. The molecule has 4 heteroatoms. The van der Waals surface area contributed by atoms with Crippen molar-refractivity contribution in [3.63, 3.8) is 0 Å². The van der Waals surface area contributed by atoms with E-state index < -0.39 is 0 Å². The van der Waals surface area contributed by atoms with Crippen LogP contribution in [0, 0.1) is 5.82 Å². The summed E-state index contributed by atoms with van der Waals surface area (Å²) in [6.45, 7) is 0. The molecule has 1 aromatic rings. The third-order valence-corrected chi connectivity index (χ3v) is 2.90. The van der Waals surface area contributed by atoms with E-state index in [1.54, 1.807) is 13.2 Å². The number of ether oxygens (including phenoxy) is 2. The van der Waals surface area contributed by atoms with Crippen molar-refractivity contribution in [2.24, 2.45) is 0 Å². The molecule has 2 nitrogen and oxygen atoms in total. The predicted molar refractivity (Wildman–Crippen MR) is 49.2 cm³/mol. The molecular weight excluding hydrogens is 239 g/mol. The summed E-state index contributed by atoms with van der Waals surface area (Å²) in [5.41, 5.74) is 0.840. The Morgan fingerprint density at radius 2 is 2.38 bits per heavy atom. The van der Waals surface area contributed by atoms with Crippen LogP contribution in [0.4, 0.5) is 4.39 Å². The van der Waals surface area contributed by atoms with Gasteiger partial charge in [0.15, 0.2) is 0 Å². The van der Waals surface area contributed by atoms with Gasteiger partial charge in [-0.05, 0) is 28.1 Å². The summed E-state index contributed by atoms with van der Waals surface area (Å²) in [5, 5.41) is 0. The van der Waals surface area contributed by atoms with E-state index in [0.717, 1.165) is 5.56 Å². The summed E-state index contributed by atoms with van der Waals surface area (Å²) in [5.74, 6) is 0.430. The van der Waals surface area contributed by atoms with E-state index in [0.29, 0.717) is 16.6 Å². The summed E-state index contributed by atoms with van der Waals surface area (Å²) in [6.07, 6.45) is 0.303.